The van der Waals surface area contributed by atoms with E-state index in [1.54, 1.807) is 18.4 Å². The second kappa shape index (κ2) is 10.1. The van der Waals surface area contributed by atoms with Gasteiger partial charge in [-0.15, -0.1) is 24.0 Å². The van der Waals surface area contributed by atoms with Gasteiger partial charge in [0, 0.05) is 12.6 Å². The van der Waals surface area contributed by atoms with E-state index in [1.807, 2.05) is 6.92 Å². The Morgan fingerprint density at radius 2 is 2.32 bits per heavy atom. The van der Waals surface area contributed by atoms with E-state index in [4.69, 9.17) is 4.42 Å². The molecule has 3 N–H and O–H groups in total. The Balaban J connectivity index is 0.00000242. The summed E-state index contributed by atoms with van der Waals surface area (Å²) in [6, 6.07) is 4.02. The summed E-state index contributed by atoms with van der Waals surface area (Å²) in [7, 11) is 0. The van der Waals surface area contributed by atoms with Crippen LogP contribution in [0.5, 0.6) is 0 Å². The van der Waals surface area contributed by atoms with E-state index in [0.29, 0.717) is 18.3 Å². The predicted octanol–water partition coefficient (Wildman–Crippen LogP) is 3.06. The van der Waals surface area contributed by atoms with E-state index in [0.717, 1.165) is 18.4 Å². The molecule has 0 saturated heterocycles. The van der Waals surface area contributed by atoms with E-state index >= 15 is 0 Å². The highest BCUT2D eigenvalue weighted by atomic mass is 127. The normalized spacial score (nSPS) is 23.5. The second-order valence-corrected chi connectivity index (χ2v) is 5.86. The van der Waals surface area contributed by atoms with Gasteiger partial charge < -0.3 is 20.2 Å². The van der Waals surface area contributed by atoms with Gasteiger partial charge in [-0.25, -0.2) is 0 Å². The number of hydrogen-bond acceptors (Lipinski definition) is 3. The molecule has 2 rings (SSSR count). The van der Waals surface area contributed by atoms with E-state index < -0.39 is 6.10 Å². The van der Waals surface area contributed by atoms with Gasteiger partial charge in [0.2, 0.25) is 0 Å². The van der Waals surface area contributed by atoms with E-state index in [9.17, 15) is 5.11 Å². The molecule has 1 aliphatic rings. The Labute approximate surface area is 150 Å². The molecule has 5 nitrogen and oxygen atoms in total. The van der Waals surface area contributed by atoms with Crippen molar-refractivity contribution in [3.05, 3.63) is 24.2 Å². The van der Waals surface area contributed by atoms with Crippen LogP contribution in [0, 0.1) is 5.92 Å². The molecule has 0 aromatic carbocycles. The molecule has 1 aromatic rings. The van der Waals surface area contributed by atoms with Crippen LogP contribution in [-0.2, 0) is 0 Å². The van der Waals surface area contributed by atoms with Crippen LogP contribution in [0.3, 0.4) is 0 Å². The van der Waals surface area contributed by atoms with Crippen molar-refractivity contribution in [2.75, 3.05) is 13.1 Å². The lowest BCUT2D eigenvalue weighted by Gasteiger charge is -2.29. The number of furan rings is 1. The van der Waals surface area contributed by atoms with Crippen molar-refractivity contribution < 1.29 is 9.52 Å². The molecule has 1 saturated carbocycles. The molecule has 126 valence electrons. The highest BCUT2D eigenvalue weighted by molar-refractivity contribution is 14.0. The Kier molecular flexibility index (Phi) is 8.85. The Morgan fingerprint density at radius 3 is 2.95 bits per heavy atom. The number of aliphatic hydroxyl groups excluding tert-OH is 1. The van der Waals surface area contributed by atoms with E-state index in [1.165, 1.54) is 25.7 Å². The zero-order valence-corrected chi connectivity index (χ0v) is 15.7. The quantitative estimate of drug-likeness (QED) is 0.388. The van der Waals surface area contributed by atoms with Gasteiger partial charge in [-0.05, 0) is 37.8 Å². The molecule has 0 radical (unpaired) electrons. The van der Waals surface area contributed by atoms with Crippen molar-refractivity contribution in [1.29, 1.82) is 0 Å². The van der Waals surface area contributed by atoms with Gasteiger partial charge in [-0.2, -0.15) is 0 Å². The lowest BCUT2D eigenvalue weighted by molar-refractivity contribution is 0.158. The summed E-state index contributed by atoms with van der Waals surface area (Å²) < 4.78 is 5.19. The standard InChI is InChI=1S/C16H27N3O2.HI/c1-3-17-16(19-13-7-4-6-12(2)10-13)18-11-14(20)15-8-5-9-21-15;/h5,8-9,12-14,20H,3-4,6-7,10-11H2,1-2H3,(H2,17,18,19);1H. The summed E-state index contributed by atoms with van der Waals surface area (Å²) in [5, 5.41) is 16.7. The van der Waals surface area contributed by atoms with Crippen LogP contribution in [0.4, 0.5) is 0 Å². The molecule has 22 heavy (non-hydrogen) atoms. The summed E-state index contributed by atoms with van der Waals surface area (Å²) in [5.41, 5.74) is 0. The maximum atomic E-state index is 10.0. The highest BCUT2D eigenvalue weighted by Gasteiger charge is 2.19. The summed E-state index contributed by atoms with van der Waals surface area (Å²) in [6.07, 6.45) is 5.84. The first-order chi connectivity index (χ1) is 10.2. The number of nitrogens with one attached hydrogen (secondary N) is 2. The molecule has 3 atom stereocenters. The molecule has 0 bridgehead atoms. The maximum absolute atomic E-state index is 10.0. The Bertz CT molecular complexity index is 437. The lowest BCUT2D eigenvalue weighted by Crippen LogP contribution is -2.45. The fraction of sp³-hybridized carbons (Fsp3) is 0.688. The third-order valence-corrected chi connectivity index (χ3v) is 3.92. The van der Waals surface area contributed by atoms with Gasteiger partial charge in [0.15, 0.2) is 5.96 Å². The summed E-state index contributed by atoms with van der Waals surface area (Å²) in [5.74, 6) is 2.11. The smallest absolute Gasteiger partial charge is 0.191 e. The summed E-state index contributed by atoms with van der Waals surface area (Å²) in [6.45, 7) is 5.46. The van der Waals surface area contributed by atoms with Crippen molar-refractivity contribution in [3.8, 4) is 0 Å². The van der Waals surface area contributed by atoms with Gasteiger partial charge in [-0.3, -0.25) is 4.99 Å². The van der Waals surface area contributed by atoms with Crippen molar-refractivity contribution in [1.82, 2.24) is 10.6 Å². The van der Waals surface area contributed by atoms with Crippen LogP contribution in [0.15, 0.2) is 27.8 Å². The molecule has 1 aromatic heterocycles. The third-order valence-electron chi connectivity index (χ3n) is 3.92. The fourth-order valence-corrected chi connectivity index (χ4v) is 2.83. The first-order valence-corrected chi connectivity index (χ1v) is 7.95. The highest BCUT2D eigenvalue weighted by Crippen LogP contribution is 2.23. The largest absolute Gasteiger partial charge is 0.467 e. The molecule has 0 spiro atoms. The third kappa shape index (κ3) is 6.16. The monoisotopic (exact) mass is 421 g/mol. The van der Waals surface area contributed by atoms with Gasteiger partial charge in [0.25, 0.3) is 0 Å². The Morgan fingerprint density at radius 1 is 1.50 bits per heavy atom. The van der Waals surface area contributed by atoms with Gasteiger partial charge in [0.05, 0.1) is 12.8 Å². The van der Waals surface area contributed by atoms with E-state index in [-0.39, 0.29) is 24.0 Å². The molecule has 6 heteroatoms. The van der Waals surface area contributed by atoms with Crippen molar-refractivity contribution in [2.24, 2.45) is 10.9 Å². The first kappa shape index (κ1) is 19.3. The minimum Gasteiger partial charge on any atom is -0.467 e. The van der Waals surface area contributed by atoms with E-state index in [2.05, 4.69) is 22.5 Å². The van der Waals surface area contributed by atoms with Crippen LogP contribution in [0.2, 0.25) is 0 Å². The van der Waals surface area contributed by atoms with Crippen LogP contribution < -0.4 is 10.6 Å². The number of aliphatic hydroxyl groups is 1. The zero-order valence-electron chi connectivity index (χ0n) is 13.4. The number of aliphatic imine (C=N–C) groups is 1. The lowest BCUT2D eigenvalue weighted by atomic mass is 9.87. The average molecular weight is 421 g/mol. The van der Waals surface area contributed by atoms with Gasteiger partial charge in [0.1, 0.15) is 11.9 Å². The average Bonchev–Trinajstić information content (AvgIpc) is 2.99. The topological polar surface area (TPSA) is 69.8 Å². The van der Waals surface area contributed by atoms with Crippen molar-refractivity contribution in [2.45, 2.75) is 51.7 Å². The molecular formula is C16H28IN3O2. The second-order valence-electron chi connectivity index (χ2n) is 5.86. The molecule has 0 aliphatic heterocycles. The van der Waals surface area contributed by atoms with Crippen LogP contribution in [0.1, 0.15) is 51.4 Å². The Hall–Kier alpha value is -0.760. The number of rotatable bonds is 5. The molecule has 1 fully saturated rings. The van der Waals surface area contributed by atoms with Gasteiger partial charge in [-0.1, -0.05) is 19.8 Å². The van der Waals surface area contributed by atoms with Crippen molar-refractivity contribution in [3.63, 3.8) is 0 Å². The summed E-state index contributed by atoms with van der Waals surface area (Å²) in [4.78, 5) is 4.47. The van der Waals surface area contributed by atoms with Crippen molar-refractivity contribution >= 4 is 29.9 Å². The van der Waals surface area contributed by atoms with Crippen LogP contribution >= 0.6 is 24.0 Å². The van der Waals surface area contributed by atoms with Crippen LogP contribution in [0.25, 0.3) is 0 Å². The number of nitrogens with zero attached hydrogens (tertiary/aromatic N) is 1. The SMILES string of the molecule is CCNC(=NCC(O)c1ccco1)NC1CCCC(C)C1.I. The zero-order chi connectivity index (χ0) is 15.1. The molecule has 1 heterocycles. The number of guanidine groups is 1. The number of halogens is 1. The first-order valence-electron chi connectivity index (χ1n) is 7.95. The molecular weight excluding hydrogens is 393 g/mol. The predicted molar refractivity (Wildman–Crippen MR) is 99.6 cm³/mol. The van der Waals surface area contributed by atoms with Gasteiger partial charge >= 0.3 is 0 Å². The molecule has 3 unspecified atom stereocenters. The molecule has 1 aliphatic carbocycles. The fourth-order valence-electron chi connectivity index (χ4n) is 2.83. The number of hydrogen-bond donors (Lipinski definition) is 3. The minimum absolute atomic E-state index is 0. The summed E-state index contributed by atoms with van der Waals surface area (Å²) >= 11 is 0. The molecule has 0 amide bonds. The van der Waals surface area contributed by atoms with Crippen LogP contribution in [-0.4, -0.2) is 30.2 Å². The minimum atomic E-state index is -0.694. The maximum Gasteiger partial charge on any atom is 0.191 e.